The molecular weight excluding hydrogens is 332 g/mol. The summed E-state index contributed by atoms with van der Waals surface area (Å²) in [5, 5.41) is 1.50. The zero-order valence-corrected chi connectivity index (χ0v) is 15.3. The van der Waals surface area contributed by atoms with Crippen molar-refractivity contribution in [3.05, 3.63) is 41.6 Å². The molecule has 0 bridgehead atoms. The second-order valence-electron chi connectivity index (χ2n) is 6.73. The lowest BCUT2D eigenvalue weighted by Crippen LogP contribution is -2.26. The van der Waals surface area contributed by atoms with Crippen LogP contribution in [0.2, 0.25) is 0 Å². The molecule has 0 saturated heterocycles. The van der Waals surface area contributed by atoms with Gasteiger partial charge in [-0.15, -0.1) is 0 Å². The predicted octanol–water partition coefficient (Wildman–Crippen LogP) is 1.32. The number of rotatable bonds is 9. The number of carbonyl (C=O) groups excluding carboxylic acids is 1. The third-order valence-corrected chi connectivity index (χ3v) is 4.34. The summed E-state index contributed by atoms with van der Waals surface area (Å²) in [6.07, 6.45) is 8.90. The molecule has 1 saturated carbocycles. The van der Waals surface area contributed by atoms with E-state index < -0.39 is 0 Å². The van der Waals surface area contributed by atoms with E-state index in [0.29, 0.717) is 31.3 Å². The van der Waals surface area contributed by atoms with Crippen molar-refractivity contribution < 1.29 is 9.53 Å². The van der Waals surface area contributed by atoms with Crippen LogP contribution in [0, 0.1) is 0 Å². The van der Waals surface area contributed by atoms with Crippen molar-refractivity contribution in [2.24, 2.45) is 11.6 Å². The molecule has 3 rings (SSSR count). The first-order valence-corrected chi connectivity index (χ1v) is 8.69. The van der Waals surface area contributed by atoms with Crippen LogP contribution in [0.25, 0.3) is 5.65 Å². The number of hydrazine groups is 1. The summed E-state index contributed by atoms with van der Waals surface area (Å²) in [7, 11) is 1.62. The van der Waals surface area contributed by atoms with Crippen LogP contribution in [0.4, 0.5) is 5.69 Å². The van der Waals surface area contributed by atoms with Gasteiger partial charge in [0.05, 0.1) is 24.5 Å². The van der Waals surface area contributed by atoms with Crippen LogP contribution in [0.3, 0.4) is 0 Å². The van der Waals surface area contributed by atoms with E-state index in [0.717, 1.165) is 23.4 Å². The first-order valence-electron chi connectivity index (χ1n) is 8.69. The number of carbonyl (C=O) groups is 1. The van der Waals surface area contributed by atoms with E-state index in [1.165, 1.54) is 23.4 Å². The van der Waals surface area contributed by atoms with Gasteiger partial charge in [0.2, 0.25) is 6.41 Å². The van der Waals surface area contributed by atoms with Gasteiger partial charge in [-0.3, -0.25) is 4.79 Å². The molecule has 1 aliphatic rings. The van der Waals surface area contributed by atoms with Gasteiger partial charge in [0.1, 0.15) is 0 Å². The van der Waals surface area contributed by atoms with Crippen molar-refractivity contribution in [1.82, 2.24) is 14.4 Å². The maximum absolute atomic E-state index is 11.6. The number of allylic oxidation sites excluding steroid dienone is 1. The van der Waals surface area contributed by atoms with Crippen molar-refractivity contribution in [2.45, 2.75) is 32.2 Å². The topological polar surface area (TPSA) is 102 Å². The van der Waals surface area contributed by atoms with Gasteiger partial charge in [-0.2, -0.15) is 0 Å². The summed E-state index contributed by atoms with van der Waals surface area (Å²) in [6.45, 7) is 3.14. The third-order valence-electron chi connectivity index (χ3n) is 4.34. The summed E-state index contributed by atoms with van der Waals surface area (Å²) in [5.41, 5.74) is 9.84. The number of nitrogens with two attached hydrogens (primary N) is 2. The van der Waals surface area contributed by atoms with Crippen LogP contribution < -0.4 is 16.5 Å². The Labute approximate surface area is 153 Å². The van der Waals surface area contributed by atoms with Gasteiger partial charge in [-0.1, -0.05) is 0 Å². The molecule has 4 N–H and O–H groups in total. The number of aromatic nitrogens is 2. The first kappa shape index (κ1) is 18.2. The van der Waals surface area contributed by atoms with Gasteiger partial charge in [0, 0.05) is 37.9 Å². The summed E-state index contributed by atoms with van der Waals surface area (Å²) < 4.78 is 7.10. The molecule has 0 atom stereocenters. The lowest BCUT2D eigenvalue weighted by Gasteiger charge is -2.18. The fourth-order valence-electron chi connectivity index (χ4n) is 2.99. The number of methoxy groups -OCH3 is 1. The average molecular weight is 358 g/mol. The van der Waals surface area contributed by atoms with E-state index in [2.05, 4.69) is 17.2 Å². The molecule has 0 unspecified atom stereocenters. The molecule has 0 radical (unpaired) electrons. The second kappa shape index (κ2) is 7.76. The molecular formula is C18H26N6O2. The number of hydrogen-bond donors (Lipinski definition) is 2. The van der Waals surface area contributed by atoms with Crippen molar-refractivity contribution in [1.29, 1.82) is 0 Å². The van der Waals surface area contributed by atoms with Gasteiger partial charge >= 0.3 is 0 Å². The average Bonchev–Trinajstić information content (AvgIpc) is 3.35. The third kappa shape index (κ3) is 4.14. The van der Waals surface area contributed by atoms with E-state index >= 15 is 0 Å². The number of fused-ring (bicyclic) bond motifs is 1. The number of ether oxygens (including phenoxy) is 1. The molecule has 0 aliphatic heterocycles. The van der Waals surface area contributed by atoms with Crippen LogP contribution in [-0.4, -0.2) is 41.1 Å². The van der Waals surface area contributed by atoms with Crippen molar-refractivity contribution in [3.8, 4) is 0 Å². The van der Waals surface area contributed by atoms with Crippen molar-refractivity contribution >= 4 is 17.7 Å². The maximum Gasteiger partial charge on any atom is 0.214 e. The molecule has 140 valence electrons. The molecule has 2 aromatic heterocycles. The van der Waals surface area contributed by atoms with Gasteiger partial charge in [0.15, 0.2) is 5.65 Å². The van der Waals surface area contributed by atoms with Crippen LogP contribution in [0.15, 0.2) is 30.4 Å². The normalized spacial score (nSPS) is 14.7. The zero-order chi connectivity index (χ0) is 18.7. The summed E-state index contributed by atoms with van der Waals surface area (Å²) in [5.74, 6) is 6.51. The van der Waals surface area contributed by atoms with Crippen LogP contribution in [-0.2, 0) is 16.1 Å². The van der Waals surface area contributed by atoms with E-state index in [-0.39, 0.29) is 0 Å². The van der Waals surface area contributed by atoms with Gasteiger partial charge < -0.3 is 24.8 Å². The van der Waals surface area contributed by atoms with Gasteiger partial charge in [0.25, 0.3) is 0 Å². The minimum absolute atomic E-state index is 0.424. The summed E-state index contributed by atoms with van der Waals surface area (Å²) in [6, 6.07) is 2.07. The summed E-state index contributed by atoms with van der Waals surface area (Å²) >= 11 is 0. The highest BCUT2D eigenvalue weighted by Gasteiger charge is 2.26. The van der Waals surface area contributed by atoms with Gasteiger partial charge in [-0.25, -0.2) is 10.8 Å². The quantitative estimate of drug-likeness (QED) is 0.398. The Balaban J connectivity index is 1.98. The Morgan fingerprint density at radius 3 is 2.85 bits per heavy atom. The van der Waals surface area contributed by atoms with Gasteiger partial charge in [-0.05, 0) is 37.3 Å². The van der Waals surface area contributed by atoms with Crippen LogP contribution >= 0.6 is 0 Å². The fraction of sp³-hybridized carbons (Fsp3) is 0.444. The molecule has 2 heterocycles. The van der Waals surface area contributed by atoms with E-state index in [1.54, 1.807) is 25.1 Å². The number of anilines is 1. The molecule has 0 spiro atoms. The highest BCUT2D eigenvalue weighted by Crippen LogP contribution is 2.41. The molecule has 2 aromatic rings. The standard InChI is InChI=1S/C18H26N6O2/c1-13(19)8-24(20)11-16-10-23-9-15(14-3-4-14)7-17(18(23)21-16)22(12-25)5-6-26-2/h7-10,12,14H,3-6,11,19-20H2,1-2H3/b13-8-. The number of nitrogens with zero attached hydrogens (tertiary/aromatic N) is 4. The van der Waals surface area contributed by atoms with Crippen LogP contribution in [0.1, 0.15) is 36.9 Å². The largest absolute Gasteiger partial charge is 0.401 e. The summed E-state index contributed by atoms with van der Waals surface area (Å²) in [4.78, 5) is 18.0. The maximum atomic E-state index is 11.6. The lowest BCUT2D eigenvalue weighted by molar-refractivity contribution is -0.107. The van der Waals surface area contributed by atoms with Crippen molar-refractivity contribution in [3.63, 3.8) is 0 Å². The molecule has 1 fully saturated rings. The molecule has 8 nitrogen and oxygen atoms in total. The minimum atomic E-state index is 0.424. The number of amides is 1. The predicted molar refractivity (Wildman–Crippen MR) is 100 cm³/mol. The second-order valence-corrected chi connectivity index (χ2v) is 6.73. The fourth-order valence-corrected chi connectivity index (χ4v) is 2.99. The molecule has 8 heteroatoms. The highest BCUT2D eigenvalue weighted by atomic mass is 16.5. The highest BCUT2D eigenvalue weighted by molar-refractivity contribution is 5.84. The molecule has 26 heavy (non-hydrogen) atoms. The van der Waals surface area contributed by atoms with E-state index in [4.69, 9.17) is 16.3 Å². The zero-order valence-electron chi connectivity index (χ0n) is 15.3. The molecule has 1 amide bonds. The monoisotopic (exact) mass is 358 g/mol. The van der Waals surface area contributed by atoms with E-state index in [9.17, 15) is 4.79 Å². The number of imidazole rings is 1. The Morgan fingerprint density at radius 2 is 2.23 bits per heavy atom. The smallest absolute Gasteiger partial charge is 0.214 e. The Bertz CT molecular complexity index is 807. The number of hydrogen-bond acceptors (Lipinski definition) is 6. The Kier molecular flexibility index (Phi) is 5.43. The SMILES string of the molecule is COCCN(C=O)c1cc(C2CC2)cn2cc(CN(N)/C=C(/C)N)nc12. The van der Waals surface area contributed by atoms with Crippen molar-refractivity contribution in [2.75, 3.05) is 25.2 Å². The first-order chi connectivity index (χ1) is 12.5. The minimum Gasteiger partial charge on any atom is -0.401 e. The lowest BCUT2D eigenvalue weighted by atomic mass is 10.1. The van der Waals surface area contributed by atoms with Crippen LogP contribution in [0.5, 0.6) is 0 Å². The molecule has 0 aromatic carbocycles. The Hall–Kier alpha value is -2.58. The number of pyridine rings is 1. The Morgan fingerprint density at radius 1 is 1.46 bits per heavy atom. The van der Waals surface area contributed by atoms with E-state index in [1.807, 2.05) is 10.6 Å². The molecule has 1 aliphatic carbocycles.